The van der Waals surface area contributed by atoms with Crippen LogP contribution >= 0.6 is 0 Å². The molecule has 0 aromatic rings. The van der Waals surface area contributed by atoms with Crippen LogP contribution in [0.15, 0.2) is 0 Å². The van der Waals surface area contributed by atoms with E-state index in [4.69, 9.17) is 0 Å². The van der Waals surface area contributed by atoms with Crippen molar-refractivity contribution in [1.29, 1.82) is 0 Å². The van der Waals surface area contributed by atoms with E-state index in [1.165, 1.54) is 116 Å². The number of unbranched alkanes of at least 4 members (excludes halogenated alkanes) is 18. The van der Waals surface area contributed by atoms with Gasteiger partial charge in [0.05, 0.1) is 6.17 Å². The van der Waals surface area contributed by atoms with Gasteiger partial charge >= 0.3 is 0 Å². The van der Waals surface area contributed by atoms with E-state index in [0.29, 0.717) is 6.42 Å². The first-order chi connectivity index (χ1) is 15.7. The number of carbonyl (C=O) groups is 1. The van der Waals surface area contributed by atoms with Crippen LogP contribution in [-0.4, -0.2) is 30.1 Å². The average molecular weight is 453 g/mol. The van der Waals surface area contributed by atoms with Crippen molar-refractivity contribution >= 4 is 5.91 Å². The molecule has 1 amide bonds. The van der Waals surface area contributed by atoms with Crippen molar-refractivity contribution in [2.75, 3.05) is 13.1 Å². The Labute approximate surface area is 202 Å². The van der Waals surface area contributed by atoms with E-state index in [1.54, 1.807) is 0 Å². The normalized spacial score (nSPS) is 12.4. The van der Waals surface area contributed by atoms with Crippen LogP contribution in [0.5, 0.6) is 0 Å². The molecule has 0 aliphatic rings. The minimum Gasteiger partial charge on any atom is -0.341 e. The lowest BCUT2D eigenvalue weighted by atomic mass is 10.0. The van der Waals surface area contributed by atoms with Gasteiger partial charge in [-0.25, -0.2) is 0 Å². The Morgan fingerprint density at radius 2 is 0.969 bits per heavy atom. The third kappa shape index (κ3) is 21.3. The molecule has 0 saturated carbocycles. The van der Waals surface area contributed by atoms with Crippen molar-refractivity contribution in [3.05, 3.63) is 0 Å². The smallest absolute Gasteiger partial charge is 0.221 e. The van der Waals surface area contributed by atoms with Gasteiger partial charge in [0.2, 0.25) is 5.91 Å². The van der Waals surface area contributed by atoms with Gasteiger partial charge in [-0.3, -0.25) is 9.69 Å². The maximum atomic E-state index is 12.1. The molecule has 1 unspecified atom stereocenters. The first-order valence-electron chi connectivity index (χ1n) is 14.7. The highest BCUT2D eigenvalue weighted by molar-refractivity contribution is 5.76. The quantitative estimate of drug-likeness (QED) is 0.111. The molecular weight excluding hydrogens is 392 g/mol. The van der Waals surface area contributed by atoms with Gasteiger partial charge in [-0.1, -0.05) is 136 Å². The monoisotopic (exact) mass is 452 g/mol. The van der Waals surface area contributed by atoms with Crippen LogP contribution in [0.25, 0.3) is 0 Å². The fourth-order valence-electron chi connectivity index (χ4n) is 4.67. The number of nitrogens with one attached hydrogen (secondary N) is 1. The van der Waals surface area contributed by atoms with E-state index in [-0.39, 0.29) is 12.1 Å². The van der Waals surface area contributed by atoms with Crippen molar-refractivity contribution in [3.8, 4) is 0 Å². The van der Waals surface area contributed by atoms with Crippen LogP contribution in [0, 0.1) is 0 Å². The number of carbonyl (C=O) groups excluding carboxylic acids is 1. The Kier molecular flexibility index (Phi) is 24.6. The highest BCUT2D eigenvalue weighted by Gasteiger charge is 2.13. The minimum atomic E-state index is 0.160. The van der Waals surface area contributed by atoms with Crippen LogP contribution in [0.4, 0.5) is 0 Å². The molecule has 0 radical (unpaired) electrons. The van der Waals surface area contributed by atoms with E-state index < -0.39 is 0 Å². The summed E-state index contributed by atoms with van der Waals surface area (Å²) in [5, 5.41) is 3.16. The van der Waals surface area contributed by atoms with Gasteiger partial charge in [0.1, 0.15) is 0 Å². The summed E-state index contributed by atoms with van der Waals surface area (Å²) in [7, 11) is 0. The molecule has 0 aliphatic carbocycles. The first-order valence-corrected chi connectivity index (χ1v) is 14.7. The zero-order valence-corrected chi connectivity index (χ0v) is 22.7. The van der Waals surface area contributed by atoms with E-state index >= 15 is 0 Å². The molecule has 32 heavy (non-hydrogen) atoms. The highest BCUT2D eigenvalue weighted by Crippen LogP contribution is 2.14. The van der Waals surface area contributed by atoms with Gasteiger partial charge in [0.15, 0.2) is 0 Å². The zero-order valence-electron chi connectivity index (χ0n) is 22.7. The van der Waals surface area contributed by atoms with Gasteiger partial charge < -0.3 is 5.32 Å². The predicted octanol–water partition coefficient (Wildman–Crippen LogP) is 9.00. The van der Waals surface area contributed by atoms with Crippen molar-refractivity contribution in [2.45, 2.75) is 169 Å². The molecule has 0 rings (SSSR count). The van der Waals surface area contributed by atoms with Crippen LogP contribution in [0.3, 0.4) is 0 Å². The molecule has 0 spiro atoms. The lowest BCUT2D eigenvalue weighted by molar-refractivity contribution is -0.123. The largest absolute Gasteiger partial charge is 0.341 e. The first kappa shape index (κ1) is 31.4. The second-order valence-electron chi connectivity index (χ2n) is 9.99. The van der Waals surface area contributed by atoms with Gasteiger partial charge in [0.25, 0.3) is 0 Å². The van der Waals surface area contributed by atoms with E-state index in [1.807, 2.05) is 0 Å². The molecule has 0 fully saturated rings. The third-order valence-corrected chi connectivity index (χ3v) is 6.84. The molecule has 0 heterocycles. The van der Waals surface area contributed by atoms with Crippen LogP contribution < -0.4 is 5.32 Å². The van der Waals surface area contributed by atoms with E-state index in [2.05, 4.69) is 37.9 Å². The van der Waals surface area contributed by atoms with Crippen LogP contribution in [0.2, 0.25) is 0 Å². The fourth-order valence-corrected chi connectivity index (χ4v) is 4.67. The third-order valence-electron chi connectivity index (χ3n) is 6.84. The van der Waals surface area contributed by atoms with E-state index in [9.17, 15) is 4.79 Å². The van der Waals surface area contributed by atoms with Crippen molar-refractivity contribution in [3.63, 3.8) is 0 Å². The number of nitrogens with zero attached hydrogens (tertiary/aromatic N) is 1. The summed E-state index contributed by atoms with van der Waals surface area (Å²) in [6.07, 6.45) is 28.4. The van der Waals surface area contributed by atoms with Gasteiger partial charge in [0, 0.05) is 6.42 Å². The molecule has 0 aliphatic heterocycles. The van der Waals surface area contributed by atoms with Crippen molar-refractivity contribution in [2.24, 2.45) is 0 Å². The maximum Gasteiger partial charge on any atom is 0.221 e. The Hall–Kier alpha value is -0.570. The standard InChI is InChI=1S/C29H60N2O/c1-5-8-9-10-11-12-13-14-15-16-17-18-19-20-21-22-23-24-25-26-29(32)30-28(4)31(7-3)27-6-2/h28H,5-27H2,1-4H3,(H,30,32). The number of hydrogen-bond acceptors (Lipinski definition) is 2. The van der Waals surface area contributed by atoms with E-state index in [0.717, 1.165) is 25.9 Å². The molecule has 1 N–H and O–H groups in total. The Morgan fingerprint density at radius 3 is 1.31 bits per heavy atom. The molecule has 0 saturated heterocycles. The number of hydrogen-bond donors (Lipinski definition) is 1. The Balaban J connectivity index is 3.28. The van der Waals surface area contributed by atoms with Crippen molar-refractivity contribution in [1.82, 2.24) is 10.2 Å². The molecule has 192 valence electrons. The molecule has 3 heteroatoms. The number of rotatable bonds is 25. The average Bonchev–Trinajstić information content (AvgIpc) is 2.78. The molecule has 0 aromatic heterocycles. The van der Waals surface area contributed by atoms with Gasteiger partial charge in [-0.05, 0) is 32.9 Å². The van der Waals surface area contributed by atoms with Gasteiger partial charge in [-0.2, -0.15) is 0 Å². The second kappa shape index (κ2) is 25.1. The summed E-state index contributed by atoms with van der Waals surface area (Å²) in [6.45, 7) is 10.8. The molecule has 0 bridgehead atoms. The highest BCUT2D eigenvalue weighted by atomic mass is 16.1. The lowest BCUT2D eigenvalue weighted by Crippen LogP contribution is -2.46. The van der Waals surface area contributed by atoms with Crippen LogP contribution in [0.1, 0.15) is 163 Å². The summed E-state index contributed by atoms with van der Waals surface area (Å²) in [5.41, 5.74) is 0. The second-order valence-corrected chi connectivity index (χ2v) is 9.99. The molecule has 0 aromatic carbocycles. The Morgan fingerprint density at radius 1 is 0.594 bits per heavy atom. The molecule has 1 atom stereocenters. The summed E-state index contributed by atoms with van der Waals surface area (Å²) in [6, 6.07) is 0. The van der Waals surface area contributed by atoms with Crippen LogP contribution in [-0.2, 0) is 4.79 Å². The minimum absolute atomic E-state index is 0.160. The maximum absolute atomic E-state index is 12.1. The topological polar surface area (TPSA) is 32.3 Å². The fraction of sp³-hybridized carbons (Fsp3) is 0.966. The van der Waals surface area contributed by atoms with Gasteiger partial charge in [-0.15, -0.1) is 0 Å². The SMILES string of the molecule is CCCCCCCCCCCCCCCCCCCCCC(=O)NC(C)N(CC)CCC. The zero-order chi connectivity index (χ0) is 23.7. The molecular formula is C29H60N2O. The summed E-state index contributed by atoms with van der Waals surface area (Å²) >= 11 is 0. The lowest BCUT2D eigenvalue weighted by Gasteiger charge is -2.28. The summed E-state index contributed by atoms with van der Waals surface area (Å²) in [4.78, 5) is 14.5. The Bertz CT molecular complexity index is 385. The molecule has 3 nitrogen and oxygen atoms in total. The van der Waals surface area contributed by atoms with Crippen molar-refractivity contribution < 1.29 is 4.79 Å². The summed E-state index contributed by atoms with van der Waals surface area (Å²) in [5.74, 6) is 0.221. The summed E-state index contributed by atoms with van der Waals surface area (Å²) < 4.78 is 0. The predicted molar refractivity (Wildman–Crippen MR) is 143 cm³/mol. The number of amides is 1.